The van der Waals surface area contributed by atoms with E-state index < -0.39 is 20.0 Å². The molecule has 0 saturated carbocycles. The van der Waals surface area contributed by atoms with E-state index in [1.807, 2.05) is 27.2 Å². The quantitative estimate of drug-likeness (QED) is 0.0243. The van der Waals surface area contributed by atoms with E-state index in [-0.39, 0.29) is 19.1 Å². The number of nitrogens with one attached hydrogen (secondary N) is 1. The fraction of sp³-hybridized carbons (Fsp3) is 0.869. The summed E-state index contributed by atoms with van der Waals surface area (Å²) in [5, 5.41) is 14.1. The Morgan fingerprint density at radius 3 is 0.946 bits per heavy atom. The van der Waals surface area contributed by atoms with Crippen molar-refractivity contribution in [2.75, 3.05) is 40.9 Å². The van der Waals surface area contributed by atoms with Crippen molar-refractivity contribution in [3.8, 4) is 0 Å². The standard InChI is InChI=1S/C84H161N2O6P/c1-6-8-10-12-14-16-18-20-22-24-26-28-30-32-34-36-38-39-40-41-42-43-44-45-46-47-48-50-52-54-56-58-60-62-64-66-68-70-72-74-76-78-84(88)85-82(81-92-93(89,90)91-80-79-86(3,4)5)83(87)77-75-73-71-69-67-65-63-61-59-57-55-53-51-49-37-35-33-31-29-27-25-23-21-19-17-15-13-11-9-7-2/h8,10,14,16,20,22,26,28,75,77,82-83,87H,6-7,9,11-13,15,17-19,21,23-25,27,29-74,76,78-81H2,1-5H3,(H-,85,88,89,90)/p+1/b10-8-,16-14-,22-20-,28-26-,77-75+. The number of aliphatic hydroxyl groups excluding tert-OH is 1. The molecule has 0 spiro atoms. The predicted octanol–water partition coefficient (Wildman–Crippen LogP) is 27.1. The fourth-order valence-electron chi connectivity index (χ4n) is 12.7. The van der Waals surface area contributed by atoms with Crippen LogP contribution in [0.5, 0.6) is 0 Å². The van der Waals surface area contributed by atoms with Gasteiger partial charge in [-0.1, -0.05) is 415 Å². The number of aliphatic hydroxyl groups is 1. The maximum atomic E-state index is 13.1. The first-order valence-corrected chi connectivity index (χ1v) is 42.7. The topological polar surface area (TPSA) is 105 Å². The maximum absolute atomic E-state index is 13.1. The zero-order chi connectivity index (χ0) is 67.6. The molecule has 9 heteroatoms. The monoisotopic (exact) mass is 1330 g/mol. The molecule has 3 N–H and O–H groups in total. The van der Waals surface area contributed by atoms with E-state index in [9.17, 15) is 19.4 Å². The molecule has 8 nitrogen and oxygen atoms in total. The third-order valence-corrected chi connectivity index (χ3v) is 20.0. The number of unbranched alkanes of at least 4 members (excludes halogenated alkanes) is 56. The zero-order valence-corrected chi connectivity index (χ0v) is 63.9. The normalized spacial score (nSPS) is 13.8. The molecule has 0 aliphatic rings. The Balaban J connectivity index is 3.90. The number of hydrogen-bond acceptors (Lipinski definition) is 5. The largest absolute Gasteiger partial charge is 0.472 e. The summed E-state index contributed by atoms with van der Waals surface area (Å²) >= 11 is 0. The maximum Gasteiger partial charge on any atom is 0.472 e. The summed E-state index contributed by atoms with van der Waals surface area (Å²) in [6.07, 6.45) is 104. The van der Waals surface area contributed by atoms with Crippen LogP contribution in [-0.2, 0) is 18.4 Å². The van der Waals surface area contributed by atoms with Crippen molar-refractivity contribution in [3.63, 3.8) is 0 Å². The van der Waals surface area contributed by atoms with Gasteiger partial charge in [0.2, 0.25) is 5.91 Å². The Kier molecular flexibility index (Phi) is 73.0. The number of phosphoric ester groups is 1. The molecule has 0 heterocycles. The Morgan fingerprint density at radius 1 is 0.376 bits per heavy atom. The molecule has 93 heavy (non-hydrogen) atoms. The van der Waals surface area contributed by atoms with E-state index in [0.717, 1.165) is 57.8 Å². The first kappa shape index (κ1) is 91.2. The van der Waals surface area contributed by atoms with E-state index in [4.69, 9.17) is 9.05 Å². The summed E-state index contributed by atoms with van der Waals surface area (Å²) in [5.41, 5.74) is 0. The van der Waals surface area contributed by atoms with Gasteiger partial charge in [-0.05, 0) is 57.8 Å². The molecule has 0 saturated heterocycles. The van der Waals surface area contributed by atoms with E-state index >= 15 is 0 Å². The van der Waals surface area contributed by atoms with E-state index in [1.54, 1.807) is 6.08 Å². The molecule has 0 aliphatic heterocycles. The van der Waals surface area contributed by atoms with Gasteiger partial charge in [0.1, 0.15) is 13.2 Å². The van der Waals surface area contributed by atoms with Crippen molar-refractivity contribution in [1.29, 1.82) is 0 Å². The Labute approximate surface area is 581 Å². The number of amides is 1. The molecule has 3 atom stereocenters. The number of nitrogens with zero attached hydrogens (tertiary/aromatic N) is 1. The van der Waals surface area contributed by atoms with Gasteiger partial charge in [0.05, 0.1) is 39.9 Å². The van der Waals surface area contributed by atoms with Crippen molar-refractivity contribution in [2.45, 2.75) is 431 Å². The lowest BCUT2D eigenvalue weighted by Gasteiger charge is -2.25. The average molecular weight is 1330 g/mol. The molecule has 0 fully saturated rings. The second-order valence-electron chi connectivity index (χ2n) is 29.5. The van der Waals surface area contributed by atoms with Crippen LogP contribution in [0.2, 0.25) is 0 Å². The lowest BCUT2D eigenvalue weighted by Crippen LogP contribution is -2.45. The number of quaternary nitrogens is 1. The lowest BCUT2D eigenvalue weighted by molar-refractivity contribution is -0.870. The molecule has 0 rings (SSSR count). The van der Waals surface area contributed by atoms with Crippen molar-refractivity contribution >= 4 is 13.7 Å². The summed E-state index contributed by atoms with van der Waals surface area (Å²) in [5.74, 6) is -0.168. The first-order chi connectivity index (χ1) is 45.5. The second kappa shape index (κ2) is 74.4. The van der Waals surface area contributed by atoms with Crippen LogP contribution in [0.25, 0.3) is 0 Å². The van der Waals surface area contributed by atoms with Crippen LogP contribution >= 0.6 is 7.82 Å². The smallest absolute Gasteiger partial charge is 0.387 e. The third kappa shape index (κ3) is 77.4. The molecule has 0 aromatic carbocycles. The minimum Gasteiger partial charge on any atom is -0.387 e. The highest BCUT2D eigenvalue weighted by Gasteiger charge is 2.28. The van der Waals surface area contributed by atoms with Crippen LogP contribution in [0.4, 0.5) is 0 Å². The number of carbonyl (C=O) groups excluding carboxylic acids is 1. The molecule has 1 amide bonds. The molecule has 0 aromatic rings. The number of likely N-dealkylation sites (N-methyl/N-ethyl adjacent to an activating group) is 1. The molecule has 0 bridgehead atoms. The summed E-state index contributed by atoms with van der Waals surface area (Å²) in [6.45, 7) is 4.77. The van der Waals surface area contributed by atoms with Crippen LogP contribution in [0.15, 0.2) is 60.8 Å². The van der Waals surface area contributed by atoms with Gasteiger partial charge in [-0.25, -0.2) is 4.57 Å². The molecule has 0 aromatic heterocycles. The van der Waals surface area contributed by atoms with Gasteiger partial charge in [0, 0.05) is 6.42 Å². The van der Waals surface area contributed by atoms with Gasteiger partial charge in [0.15, 0.2) is 0 Å². The highest BCUT2D eigenvalue weighted by molar-refractivity contribution is 7.47. The molecule has 0 radical (unpaired) electrons. The van der Waals surface area contributed by atoms with Gasteiger partial charge >= 0.3 is 7.82 Å². The summed E-state index contributed by atoms with van der Waals surface area (Å²) < 4.78 is 23.9. The Hall–Kier alpha value is -1.80. The van der Waals surface area contributed by atoms with Crippen LogP contribution in [0.1, 0.15) is 418 Å². The molecule has 548 valence electrons. The number of rotatable bonds is 77. The number of hydrogen-bond donors (Lipinski definition) is 3. The van der Waals surface area contributed by atoms with Crippen molar-refractivity contribution < 1.29 is 32.9 Å². The Bertz CT molecular complexity index is 1710. The van der Waals surface area contributed by atoms with Crippen molar-refractivity contribution in [2.24, 2.45) is 0 Å². The number of allylic oxidation sites excluding steroid dienone is 9. The predicted molar refractivity (Wildman–Crippen MR) is 410 cm³/mol. The highest BCUT2D eigenvalue weighted by Crippen LogP contribution is 2.43. The van der Waals surface area contributed by atoms with E-state index in [2.05, 4.69) is 67.8 Å². The van der Waals surface area contributed by atoms with E-state index in [1.165, 1.54) is 340 Å². The minimum atomic E-state index is -4.36. The van der Waals surface area contributed by atoms with Gasteiger partial charge in [-0.15, -0.1) is 0 Å². The third-order valence-electron chi connectivity index (χ3n) is 19.0. The van der Waals surface area contributed by atoms with Crippen LogP contribution in [0.3, 0.4) is 0 Å². The van der Waals surface area contributed by atoms with Gasteiger partial charge in [-0.2, -0.15) is 0 Å². The fourth-order valence-corrected chi connectivity index (χ4v) is 13.4. The minimum absolute atomic E-state index is 0.0636. The molecule has 3 unspecified atom stereocenters. The average Bonchev–Trinajstić information content (AvgIpc) is 2.75. The second-order valence-corrected chi connectivity index (χ2v) is 30.9. The Morgan fingerprint density at radius 2 is 0.645 bits per heavy atom. The molecule has 0 aliphatic carbocycles. The summed E-state index contributed by atoms with van der Waals surface area (Å²) in [7, 11) is 1.59. The number of phosphoric acid groups is 1. The van der Waals surface area contributed by atoms with Gasteiger partial charge in [-0.3, -0.25) is 13.8 Å². The van der Waals surface area contributed by atoms with E-state index in [0.29, 0.717) is 17.4 Å². The molecular formula is C84H162N2O6P+. The van der Waals surface area contributed by atoms with Crippen molar-refractivity contribution in [3.05, 3.63) is 60.8 Å². The van der Waals surface area contributed by atoms with Crippen LogP contribution in [-0.4, -0.2) is 73.4 Å². The number of carbonyl (C=O) groups is 1. The van der Waals surface area contributed by atoms with Crippen LogP contribution < -0.4 is 5.32 Å². The molecular weight excluding hydrogens is 1160 g/mol. The highest BCUT2D eigenvalue weighted by atomic mass is 31.2. The summed E-state index contributed by atoms with van der Waals surface area (Å²) in [4.78, 5) is 23.5. The lowest BCUT2D eigenvalue weighted by atomic mass is 10.0. The van der Waals surface area contributed by atoms with Gasteiger partial charge in [0.25, 0.3) is 0 Å². The van der Waals surface area contributed by atoms with Gasteiger partial charge < -0.3 is 19.8 Å². The zero-order valence-electron chi connectivity index (χ0n) is 63.0. The van der Waals surface area contributed by atoms with Crippen LogP contribution in [0, 0.1) is 0 Å². The first-order valence-electron chi connectivity index (χ1n) is 41.2. The van der Waals surface area contributed by atoms with Crippen molar-refractivity contribution in [1.82, 2.24) is 5.32 Å². The SMILES string of the molecule is CC/C=C\C/C=C\C/C=C\C/C=C\CCCCCCCCCCCCCCCCCCCCCCCCCCCCCCC(=O)NC(COP(=O)(O)OCC[N+](C)(C)C)C(O)/C=C/CCCCCCCCCCCCCCCCCCCCCCCCCCCCCC. The summed E-state index contributed by atoms with van der Waals surface area (Å²) in [6, 6.07) is -0.848.